The van der Waals surface area contributed by atoms with Gasteiger partial charge in [0.1, 0.15) is 5.03 Å². The van der Waals surface area contributed by atoms with E-state index in [9.17, 15) is 0 Å². The summed E-state index contributed by atoms with van der Waals surface area (Å²) in [6.45, 7) is 18.6. The van der Waals surface area contributed by atoms with Gasteiger partial charge in [0.15, 0.2) is 20.1 Å². The van der Waals surface area contributed by atoms with Crippen LogP contribution in [0.15, 0.2) is 25.8 Å². The Morgan fingerprint density at radius 2 is 1.60 bits per heavy atom. The summed E-state index contributed by atoms with van der Waals surface area (Å²) in [6, 6.07) is 3.27. The first kappa shape index (κ1) is 17.6. The normalized spacial score (nSPS) is 10.8. The highest BCUT2D eigenvalue weighted by atomic mass is 32.2. The predicted octanol–water partition coefficient (Wildman–Crippen LogP) is 5.58. The second-order valence-electron chi connectivity index (χ2n) is 5.26. The summed E-state index contributed by atoms with van der Waals surface area (Å²) >= 11 is 4.51. The molecule has 1 aromatic carbocycles. The summed E-state index contributed by atoms with van der Waals surface area (Å²) in [4.78, 5) is 16.2. The lowest BCUT2D eigenvalue weighted by molar-refractivity contribution is 0.782. The zero-order valence-corrected chi connectivity index (χ0v) is 16.1. The van der Waals surface area contributed by atoms with Crippen molar-refractivity contribution in [1.29, 1.82) is 0 Å². The van der Waals surface area contributed by atoms with Gasteiger partial charge in [-0.05, 0) is 36.1 Å². The van der Waals surface area contributed by atoms with Gasteiger partial charge in [-0.3, -0.25) is 9.69 Å². The molecule has 0 aliphatic heterocycles. The molecule has 0 saturated heterocycles. The average molecular weight is 385 g/mol. The number of hydrogen-bond acceptors (Lipinski definition) is 7. The molecule has 2 aromatic heterocycles. The molecule has 0 aliphatic carbocycles. The number of rotatable bonds is 4. The number of thioether (sulfide) groups is 1. The van der Waals surface area contributed by atoms with Gasteiger partial charge in [0, 0.05) is 0 Å². The van der Waals surface area contributed by atoms with Crippen molar-refractivity contribution in [1.82, 2.24) is 20.2 Å². The second kappa shape index (κ2) is 7.36. The fourth-order valence-electron chi connectivity index (χ4n) is 2.11. The molecule has 3 rings (SSSR count). The van der Waals surface area contributed by atoms with E-state index < -0.39 is 0 Å². The Morgan fingerprint density at radius 1 is 1.00 bits per heavy atom. The van der Waals surface area contributed by atoms with Crippen LogP contribution in [0.5, 0.6) is 0 Å². The summed E-state index contributed by atoms with van der Waals surface area (Å²) in [5.74, 6) is 0.171. The molecule has 2 heterocycles. The minimum atomic E-state index is 0.171. The van der Waals surface area contributed by atoms with Crippen LogP contribution in [0.25, 0.3) is 20.7 Å². The molecule has 0 radical (unpaired) electrons. The van der Waals surface area contributed by atoms with E-state index in [1.807, 2.05) is 6.26 Å². The first-order valence-electron chi connectivity index (χ1n) is 7.21. The fraction of sp³-hybridized carbons (Fsp3) is 0.250. The highest BCUT2D eigenvalue weighted by molar-refractivity contribution is 8.03. The van der Waals surface area contributed by atoms with Gasteiger partial charge in [0.05, 0.1) is 29.9 Å². The standard InChI is InChI=1S/C16H12N6S3/c1-8(2)13-14(24-16-22-21-15(23-5)25-16)20-12-7-10(18-4)9(17-3)6-11(12)19-13/h6-8H,1-2,5H3. The molecule has 0 spiro atoms. The van der Waals surface area contributed by atoms with Crippen LogP contribution < -0.4 is 0 Å². The van der Waals surface area contributed by atoms with Crippen molar-refractivity contribution in [2.75, 3.05) is 6.26 Å². The number of hydrogen-bond donors (Lipinski definition) is 0. The third-order valence-electron chi connectivity index (χ3n) is 3.29. The van der Waals surface area contributed by atoms with Crippen LogP contribution in [-0.4, -0.2) is 26.4 Å². The van der Waals surface area contributed by atoms with Gasteiger partial charge in [0.2, 0.25) is 0 Å². The van der Waals surface area contributed by atoms with E-state index in [0.717, 1.165) is 19.4 Å². The number of fused-ring (bicyclic) bond motifs is 1. The van der Waals surface area contributed by atoms with Gasteiger partial charge in [0.25, 0.3) is 0 Å². The minimum Gasteiger partial charge on any atom is -0.250 e. The molecule has 124 valence electrons. The van der Waals surface area contributed by atoms with E-state index in [1.165, 1.54) is 23.1 Å². The fourth-order valence-corrected chi connectivity index (χ4v) is 4.69. The Bertz CT molecular complexity index is 1030. The van der Waals surface area contributed by atoms with Crippen molar-refractivity contribution >= 4 is 57.3 Å². The predicted molar refractivity (Wildman–Crippen MR) is 102 cm³/mol. The van der Waals surface area contributed by atoms with Crippen molar-refractivity contribution < 1.29 is 0 Å². The number of benzene rings is 1. The van der Waals surface area contributed by atoms with E-state index in [0.29, 0.717) is 22.4 Å². The molecular weight excluding hydrogens is 372 g/mol. The summed E-state index contributed by atoms with van der Waals surface area (Å²) in [6.07, 6.45) is 1.96. The van der Waals surface area contributed by atoms with E-state index in [-0.39, 0.29) is 5.92 Å². The van der Waals surface area contributed by atoms with Crippen molar-refractivity contribution in [3.05, 3.63) is 40.7 Å². The van der Waals surface area contributed by atoms with Gasteiger partial charge in [-0.15, -0.1) is 10.2 Å². The Balaban J connectivity index is 2.14. The highest BCUT2D eigenvalue weighted by Crippen LogP contribution is 2.38. The minimum absolute atomic E-state index is 0.171. The molecule has 0 saturated carbocycles. The third kappa shape index (κ3) is 3.59. The lowest BCUT2D eigenvalue weighted by atomic mass is 10.1. The number of aromatic nitrogens is 4. The van der Waals surface area contributed by atoms with Crippen LogP contribution >= 0.6 is 34.9 Å². The largest absolute Gasteiger partial charge is 0.250 e. The van der Waals surface area contributed by atoms with Crippen molar-refractivity contribution in [2.45, 2.75) is 33.5 Å². The summed E-state index contributed by atoms with van der Waals surface area (Å²) in [5, 5.41) is 9.05. The van der Waals surface area contributed by atoms with E-state index >= 15 is 0 Å². The molecule has 0 atom stereocenters. The lowest BCUT2D eigenvalue weighted by Gasteiger charge is -2.11. The van der Waals surface area contributed by atoms with Gasteiger partial charge in [-0.2, -0.15) is 0 Å². The highest BCUT2D eigenvalue weighted by Gasteiger charge is 2.17. The van der Waals surface area contributed by atoms with Crippen LogP contribution in [0.1, 0.15) is 25.5 Å². The maximum Gasteiger partial charge on any atom is 0.196 e. The third-order valence-corrected chi connectivity index (χ3v) is 6.23. The average Bonchev–Trinajstić information content (AvgIpc) is 3.07. The van der Waals surface area contributed by atoms with Crippen LogP contribution in [-0.2, 0) is 0 Å². The lowest BCUT2D eigenvalue weighted by Crippen LogP contribution is -1.99. The van der Waals surface area contributed by atoms with E-state index in [2.05, 4.69) is 33.7 Å². The zero-order valence-electron chi connectivity index (χ0n) is 13.6. The van der Waals surface area contributed by atoms with Gasteiger partial charge in [-0.25, -0.2) is 9.97 Å². The van der Waals surface area contributed by atoms with Gasteiger partial charge >= 0.3 is 0 Å². The summed E-state index contributed by atoms with van der Waals surface area (Å²) < 4.78 is 1.71. The number of nitrogens with zero attached hydrogens (tertiary/aromatic N) is 6. The first-order valence-corrected chi connectivity index (χ1v) is 10.1. The summed E-state index contributed by atoms with van der Waals surface area (Å²) in [5.41, 5.74) is 2.70. The Kier molecular flexibility index (Phi) is 5.19. The van der Waals surface area contributed by atoms with Crippen molar-refractivity contribution in [3.8, 4) is 0 Å². The van der Waals surface area contributed by atoms with Gasteiger partial charge in [-0.1, -0.05) is 36.9 Å². The van der Waals surface area contributed by atoms with E-state index in [4.69, 9.17) is 23.1 Å². The van der Waals surface area contributed by atoms with Crippen LogP contribution in [0.2, 0.25) is 0 Å². The SMILES string of the molecule is [C-]#[N+]c1cc2nc(Sc3nnc(SC)s3)c(C(C)C)nc2cc1[N+]#[C-]. The molecule has 6 nitrogen and oxygen atoms in total. The topological polar surface area (TPSA) is 60.3 Å². The molecular formula is C16H12N6S3. The molecule has 0 N–H and O–H groups in total. The molecule has 25 heavy (non-hydrogen) atoms. The molecule has 3 aromatic rings. The maximum atomic E-state index is 7.24. The van der Waals surface area contributed by atoms with E-state index in [1.54, 1.807) is 23.9 Å². The molecule has 0 unspecified atom stereocenters. The van der Waals surface area contributed by atoms with Gasteiger partial charge < -0.3 is 0 Å². The maximum absolute atomic E-state index is 7.24. The molecule has 0 amide bonds. The Labute approximate surface area is 157 Å². The molecule has 0 fully saturated rings. The smallest absolute Gasteiger partial charge is 0.196 e. The van der Waals surface area contributed by atoms with Crippen LogP contribution in [0.3, 0.4) is 0 Å². The van der Waals surface area contributed by atoms with Crippen molar-refractivity contribution in [2.24, 2.45) is 0 Å². The van der Waals surface area contributed by atoms with Crippen molar-refractivity contribution in [3.63, 3.8) is 0 Å². The molecule has 0 aliphatic rings. The van der Waals surface area contributed by atoms with Crippen LogP contribution in [0.4, 0.5) is 11.4 Å². The zero-order chi connectivity index (χ0) is 18.0. The first-order chi connectivity index (χ1) is 12.0. The summed E-state index contributed by atoms with van der Waals surface area (Å²) in [7, 11) is 0. The monoisotopic (exact) mass is 384 g/mol. The Hall–Kier alpha value is -2.20. The quantitative estimate of drug-likeness (QED) is 0.432. The molecule has 0 bridgehead atoms. The Morgan fingerprint density at radius 3 is 2.12 bits per heavy atom. The molecule has 9 heteroatoms. The van der Waals surface area contributed by atoms with Crippen LogP contribution in [0, 0.1) is 13.1 Å². The second-order valence-corrected chi connectivity index (χ2v) is 8.53.